The van der Waals surface area contributed by atoms with Crippen molar-refractivity contribution in [2.24, 2.45) is 10.7 Å². The molecule has 53 heavy (non-hydrogen) atoms. The van der Waals surface area contributed by atoms with E-state index in [1.165, 1.54) is 19.0 Å². The summed E-state index contributed by atoms with van der Waals surface area (Å²) in [6.07, 6.45) is -12.7. The number of alkyl halides is 7. The fraction of sp³-hybridized carbons (Fsp3) is 0.576. The van der Waals surface area contributed by atoms with Crippen molar-refractivity contribution in [1.82, 2.24) is 19.8 Å². The largest absolute Gasteiger partial charge is 0.461 e. The molecule has 2 aromatic rings. The first kappa shape index (κ1) is 38.7. The lowest BCUT2D eigenvalue weighted by atomic mass is 9.90. The second-order valence-electron chi connectivity index (χ2n) is 13.8. The van der Waals surface area contributed by atoms with Crippen molar-refractivity contribution in [2.45, 2.75) is 68.9 Å². The first-order valence-electron chi connectivity index (χ1n) is 16.8. The fourth-order valence-electron chi connectivity index (χ4n) is 7.52. The second-order valence-corrected chi connectivity index (χ2v) is 14.1. The zero-order chi connectivity index (χ0) is 38.6. The Morgan fingerprint density at radius 2 is 1.89 bits per heavy atom. The monoisotopic (exact) mass is 780 g/mol. The third kappa shape index (κ3) is 7.56. The minimum atomic E-state index is -5.64. The van der Waals surface area contributed by atoms with Crippen LogP contribution in [0, 0.1) is 5.82 Å². The van der Waals surface area contributed by atoms with Crippen molar-refractivity contribution in [3.05, 3.63) is 50.6 Å². The maximum absolute atomic E-state index is 15.5. The molecule has 6 rings (SSSR count). The lowest BCUT2D eigenvalue weighted by Gasteiger charge is -2.33. The zero-order valence-corrected chi connectivity index (χ0v) is 29.4. The van der Waals surface area contributed by atoms with Gasteiger partial charge in [-0.1, -0.05) is 11.6 Å². The minimum Gasteiger partial charge on any atom is -0.461 e. The van der Waals surface area contributed by atoms with Crippen LogP contribution in [0.2, 0.25) is 0 Å². The van der Waals surface area contributed by atoms with E-state index >= 15 is 4.39 Å². The van der Waals surface area contributed by atoms with Crippen molar-refractivity contribution in [2.75, 3.05) is 64.1 Å². The Bertz CT molecular complexity index is 1840. The Hall–Kier alpha value is -3.97. The van der Waals surface area contributed by atoms with Crippen LogP contribution in [0.3, 0.4) is 0 Å². The summed E-state index contributed by atoms with van der Waals surface area (Å²) in [4.78, 5) is 31.1. The maximum Gasteiger partial charge on any atom is 0.417 e. The number of nitrogens with two attached hydrogens (primary N) is 2. The third-order valence-corrected chi connectivity index (χ3v) is 10.4. The number of benzene rings is 1. The molecule has 2 fully saturated rings. The van der Waals surface area contributed by atoms with Gasteiger partial charge < -0.3 is 30.7 Å². The molecule has 0 saturated carbocycles. The van der Waals surface area contributed by atoms with E-state index in [0.717, 1.165) is 6.42 Å². The Morgan fingerprint density at radius 1 is 1.15 bits per heavy atom. The number of nitrogen functional groups attached to an aromatic ring is 1. The Kier molecular flexibility index (Phi) is 10.5. The van der Waals surface area contributed by atoms with E-state index in [1.54, 1.807) is 4.90 Å². The number of hydrogen-bond acceptors (Lipinski definition) is 10. The van der Waals surface area contributed by atoms with Crippen LogP contribution in [0.25, 0.3) is 0 Å². The number of ether oxygens (including phenoxy) is 2. The summed E-state index contributed by atoms with van der Waals surface area (Å²) in [5, 5.41) is -0.106. The van der Waals surface area contributed by atoms with Crippen molar-refractivity contribution in [3.63, 3.8) is 0 Å². The number of anilines is 2. The van der Waals surface area contributed by atoms with Crippen LogP contribution in [0.15, 0.2) is 21.8 Å². The number of amides is 1. The number of carbonyl (C=O) groups is 1. The topological polar surface area (TPSA) is 135 Å². The van der Waals surface area contributed by atoms with Crippen LogP contribution in [0.5, 0.6) is 6.01 Å². The number of carbonyl (C=O) groups excluding carboxylic acids is 1. The van der Waals surface area contributed by atoms with Crippen LogP contribution in [-0.4, -0.2) is 96.5 Å². The van der Waals surface area contributed by atoms with Gasteiger partial charge in [0.2, 0.25) is 0 Å². The maximum atomic E-state index is 15.5. The van der Waals surface area contributed by atoms with Gasteiger partial charge in [0.15, 0.2) is 5.82 Å². The van der Waals surface area contributed by atoms with Gasteiger partial charge in [-0.3, -0.25) is 14.7 Å². The number of nitrogens with zero attached hydrogens (tertiary/aromatic N) is 6. The van der Waals surface area contributed by atoms with Crippen LogP contribution in [0.1, 0.15) is 59.7 Å². The van der Waals surface area contributed by atoms with Crippen LogP contribution in [0.4, 0.5) is 46.6 Å². The van der Waals surface area contributed by atoms with E-state index in [4.69, 9.17) is 32.5 Å². The summed E-state index contributed by atoms with van der Waals surface area (Å²) in [7, 11) is 2.98. The molecule has 3 atom stereocenters. The molecule has 1 amide bonds. The van der Waals surface area contributed by atoms with Crippen molar-refractivity contribution >= 4 is 34.7 Å². The lowest BCUT2D eigenvalue weighted by molar-refractivity contribution is -0.163. The minimum absolute atomic E-state index is 0.0204. The van der Waals surface area contributed by atoms with Gasteiger partial charge in [-0.2, -0.15) is 36.3 Å². The number of halogens is 9. The highest BCUT2D eigenvalue weighted by molar-refractivity contribution is 6.45. The molecule has 1 unspecified atom stereocenters. The third-order valence-electron chi connectivity index (χ3n) is 9.98. The molecule has 0 bridgehead atoms. The predicted octanol–water partition coefficient (Wildman–Crippen LogP) is 5.15. The molecule has 4 aliphatic heterocycles. The molecule has 0 spiro atoms. The molecule has 0 aliphatic carbocycles. The first-order valence-corrected chi connectivity index (χ1v) is 17.1. The number of fused-ring (bicyclic) bond motifs is 2. The number of aliphatic imine (C=N–C) groups is 1. The predicted molar refractivity (Wildman–Crippen MR) is 178 cm³/mol. The summed E-state index contributed by atoms with van der Waals surface area (Å²) in [6.45, 7) is 0.851. The van der Waals surface area contributed by atoms with Gasteiger partial charge >= 0.3 is 18.4 Å². The fourth-order valence-corrected chi connectivity index (χ4v) is 7.72. The summed E-state index contributed by atoms with van der Waals surface area (Å²) in [5.41, 5.74) is 4.20. The number of hydrogen-bond donors (Lipinski definition) is 2. The Labute approximate surface area is 303 Å². The standard InChI is InChI=1S/C33H37ClF8N8O3/c1-48(2)29(51)27(44)25(34)21-13-49(7-4-6-45-21)28-17-14-52-22(23-24(33(40,41)42)18(32(37,38)39)9-19(43)26(23)36)10-20(17)46-30(47-28)53-15-31-5-3-8-50(31)12-16(35)11-31/h9,16,22H,3-8,10-15,43-44H2,1-2H3/b27-25+/t16-,22?,31+/m1/s1. The van der Waals surface area contributed by atoms with Gasteiger partial charge in [0.05, 0.1) is 58.0 Å². The van der Waals surface area contributed by atoms with Crippen molar-refractivity contribution in [3.8, 4) is 6.01 Å². The van der Waals surface area contributed by atoms with Gasteiger partial charge in [0.25, 0.3) is 5.91 Å². The lowest BCUT2D eigenvalue weighted by Crippen LogP contribution is -2.43. The Balaban J connectivity index is 1.43. The molecule has 11 nitrogen and oxygen atoms in total. The quantitative estimate of drug-likeness (QED) is 0.222. The highest BCUT2D eigenvalue weighted by atomic mass is 35.5. The van der Waals surface area contributed by atoms with Gasteiger partial charge in [0, 0.05) is 57.7 Å². The zero-order valence-electron chi connectivity index (χ0n) is 28.7. The highest BCUT2D eigenvalue weighted by Gasteiger charge is 2.50. The molecule has 290 valence electrons. The molecule has 4 N–H and O–H groups in total. The second kappa shape index (κ2) is 14.4. The van der Waals surface area contributed by atoms with Crippen LogP contribution >= 0.6 is 11.6 Å². The number of likely N-dealkylation sites (N-methyl/N-ethyl adjacent to an activating group) is 1. The molecule has 1 aromatic carbocycles. The number of aromatic nitrogens is 2. The highest BCUT2D eigenvalue weighted by Crippen LogP contribution is 2.48. The van der Waals surface area contributed by atoms with Crippen LogP contribution < -0.4 is 21.1 Å². The summed E-state index contributed by atoms with van der Waals surface area (Å²) in [6, 6.07) is -0.326. The molecular formula is C33H37ClF8N8O3. The average molecular weight is 781 g/mol. The SMILES string of the molecule is CN(C)C(=O)/C(N)=C(\Cl)C1=NCCCN(c2nc(OC[C@@]34CCCN3C[C@H](F)C4)nc3c2COC(c2c(F)c(N)cc(C(F)(F)F)c2C(F)(F)F)C3)C1. The van der Waals surface area contributed by atoms with Gasteiger partial charge in [0.1, 0.15) is 24.3 Å². The van der Waals surface area contributed by atoms with Crippen LogP contribution in [-0.2, 0) is 34.9 Å². The smallest absolute Gasteiger partial charge is 0.417 e. The average Bonchev–Trinajstić information content (AvgIpc) is 3.49. The Morgan fingerprint density at radius 3 is 2.57 bits per heavy atom. The van der Waals surface area contributed by atoms with Gasteiger partial charge in [-0.05, 0) is 31.9 Å². The molecule has 1 aromatic heterocycles. The van der Waals surface area contributed by atoms with E-state index in [0.29, 0.717) is 25.9 Å². The molecule has 2 saturated heterocycles. The van der Waals surface area contributed by atoms with E-state index < -0.39 is 77.3 Å². The van der Waals surface area contributed by atoms with E-state index in [2.05, 4.69) is 15.0 Å². The molecular weight excluding hydrogens is 744 g/mol. The summed E-state index contributed by atoms with van der Waals surface area (Å²) < 4.78 is 127. The van der Waals surface area contributed by atoms with E-state index in [1.807, 2.05) is 4.90 Å². The molecule has 20 heteroatoms. The van der Waals surface area contributed by atoms with Gasteiger partial charge in [-0.15, -0.1) is 0 Å². The number of rotatable bonds is 7. The van der Waals surface area contributed by atoms with Gasteiger partial charge in [-0.25, -0.2) is 8.78 Å². The normalized spacial score (nSPS) is 24.3. The molecule has 4 aliphatic rings. The first-order chi connectivity index (χ1) is 24.8. The van der Waals surface area contributed by atoms with E-state index in [9.17, 15) is 35.5 Å². The summed E-state index contributed by atoms with van der Waals surface area (Å²) in [5.74, 6) is -2.09. The van der Waals surface area contributed by atoms with Crippen molar-refractivity contribution in [1.29, 1.82) is 0 Å². The summed E-state index contributed by atoms with van der Waals surface area (Å²) >= 11 is 6.56. The molecule has 0 radical (unpaired) electrons. The molecule has 5 heterocycles. The van der Waals surface area contributed by atoms with Crippen molar-refractivity contribution < 1.29 is 49.4 Å². The van der Waals surface area contributed by atoms with E-state index in [-0.39, 0.29) is 78.3 Å².